The number of hydrogen-bond donors (Lipinski definition) is 0. The maximum Gasteiger partial charge on any atom is 0.269 e. The number of methoxy groups -OCH3 is 1. The Morgan fingerprint density at radius 3 is 2.55 bits per heavy atom. The molecule has 3 aromatic rings. The van der Waals surface area contributed by atoms with E-state index in [1.165, 1.54) is 17.3 Å². The van der Waals surface area contributed by atoms with Crippen LogP contribution < -0.4 is 14.5 Å². The summed E-state index contributed by atoms with van der Waals surface area (Å²) in [5, 5.41) is 0. The lowest BCUT2D eigenvalue weighted by Crippen LogP contribution is -2.49. The molecule has 5 nitrogen and oxygen atoms in total. The van der Waals surface area contributed by atoms with Crippen molar-refractivity contribution in [2.24, 2.45) is 0 Å². The van der Waals surface area contributed by atoms with E-state index in [1.807, 2.05) is 79.7 Å². The molecule has 1 saturated heterocycles. The predicted molar refractivity (Wildman–Crippen MR) is 123 cm³/mol. The smallest absolute Gasteiger partial charge is 0.269 e. The highest BCUT2D eigenvalue weighted by molar-refractivity contribution is 8.02. The summed E-state index contributed by atoms with van der Waals surface area (Å²) < 4.78 is 5.37. The van der Waals surface area contributed by atoms with Crippen molar-refractivity contribution in [2.75, 3.05) is 22.7 Å². The number of thioether (sulfide) groups is 1. The molecule has 1 atom stereocenters. The van der Waals surface area contributed by atoms with Crippen molar-refractivity contribution in [1.29, 1.82) is 0 Å². The molecule has 3 aromatic carbocycles. The minimum Gasteiger partial charge on any atom is -0.497 e. The van der Waals surface area contributed by atoms with E-state index >= 15 is 0 Å². The third kappa shape index (κ3) is 3.01. The second-order valence-corrected chi connectivity index (χ2v) is 8.93. The van der Waals surface area contributed by atoms with Gasteiger partial charge in [0.25, 0.3) is 5.91 Å². The minimum absolute atomic E-state index is 0.0846. The molecular weight excluding hydrogens is 408 g/mol. The van der Waals surface area contributed by atoms with Crippen LogP contribution in [0.1, 0.15) is 16.7 Å². The number of ether oxygens (including phenoxy) is 1. The molecule has 0 radical (unpaired) electrons. The highest BCUT2D eigenvalue weighted by Crippen LogP contribution is 2.56. The van der Waals surface area contributed by atoms with E-state index in [1.54, 1.807) is 16.9 Å². The molecule has 5 rings (SSSR count). The number of carbonyl (C=O) groups is 2. The number of fused-ring (bicyclic) bond motifs is 2. The second-order valence-electron chi connectivity index (χ2n) is 7.76. The summed E-state index contributed by atoms with van der Waals surface area (Å²) in [6, 6.07) is 23.3. The highest BCUT2D eigenvalue weighted by atomic mass is 32.2. The molecule has 0 aliphatic carbocycles. The van der Waals surface area contributed by atoms with Gasteiger partial charge in [-0.1, -0.05) is 54.1 Å². The van der Waals surface area contributed by atoms with E-state index in [2.05, 4.69) is 0 Å². The van der Waals surface area contributed by atoms with Gasteiger partial charge in [0.05, 0.1) is 25.1 Å². The van der Waals surface area contributed by atoms with Gasteiger partial charge in [-0.15, -0.1) is 11.8 Å². The minimum atomic E-state index is -1.11. The van der Waals surface area contributed by atoms with Gasteiger partial charge >= 0.3 is 0 Å². The average molecular weight is 431 g/mol. The third-order valence-electron chi connectivity index (χ3n) is 5.84. The van der Waals surface area contributed by atoms with Crippen LogP contribution in [-0.2, 0) is 21.0 Å². The summed E-state index contributed by atoms with van der Waals surface area (Å²) >= 11 is 1.39. The fourth-order valence-electron chi connectivity index (χ4n) is 4.34. The Morgan fingerprint density at radius 1 is 1.00 bits per heavy atom. The van der Waals surface area contributed by atoms with Crippen LogP contribution >= 0.6 is 11.8 Å². The lowest BCUT2D eigenvalue weighted by molar-refractivity contribution is -0.123. The van der Waals surface area contributed by atoms with Crippen LogP contribution in [0.5, 0.6) is 5.75 Å². The summed E-state index contributed by atoms with van der Waals surface area (Å²) in [5.41, 5.74) is 4.59. The molecule has 0 saturated carbocycles. The van der Waals surface area contributed by atoms with Crippen molar-refractivity contribution in [3.63, 3.8) is 0 Å². The van der Waals surface area contributed by atoms with E-state index in [0.29, 0.717) is 18.0 Å². The van der Waals surface area contributed by atoms with Crippen molar-refractivity contribution >= 4 is 35.0 Å². The number of carbonyl (C=O) groups excluding carboxylic acids is 2. The molecule has 2 aliphatic heterocycles. The molecule has 2 heterocycles. The average Bonchev–Trinajstić information content (AvgIpc) is 3.26. The van der Waals surface area contributed by atoms with Crippen LogP contribution in [0.15, 0.2) is 72.8 Å². The van der Waals surface area contributed by atoms with Gasteiger partial charge in [0.15, 0.2) is 0 Å². The molecule has 31 heavy (non-hydrogen) atoms. The van der Waals surface area contributed by atoms with E-state index < -0.39 is 4.87 Å². The number of amides is 2. The summed E-state index contributed by atoms with van der Waals surface area (Å²) in [4.78, 5) is 29.5. The zero-order valence-corrected chi connectivity index (χ0v) is 18.2. The first-order valence-corrected chi connectivity index (χ1v) is 11.1. The summed E-state index contributed by atoms with van der Waals surface area (Å²) in [6.45, 7) is 2.50. The SMILES string of the molecule is COc1cccc(N2C(=O)CS[C@@]23C(=O)N(Cc2ccc(C)cc2)c2ccccc23)c1. The number of para-hydroxylation sites is 1. The van der Waals surface area contributed by atoms with E-state index in [0.717, 1.165) is 16.8 Å². The first kappa shape index (κ1) is 19.7. The summed E-state index contributed by atoms with van der Waals surface area (Å²) in [5.74, 6) is 0.717. The maximum atomic E-state index is 14.0. The molecule has 0 unspecified atom stereocenters. The number of benzene rings is 3. The predicted octanol–water partition coefficient (Wildman–Crippen LogP) is 4.48. The van der Waals surface area contributed by atoms with Gasteiger partial charge in [-0.25, -0.2) is 0 Å². The van der Waals surface area contributed by atoms with Crippen LogP contribution in [0.4, 0.5) is 11.4 Å². The topological polar surface area (TPSA) is 49.9 Å². The molecule has 0 bridgehead atoms. The monoisotopic (exact) mass is 430 g/mol. The fraction of sp³-hybridized carbons (Fsp3) is 0.200. The van der Waals surface area contributed by atoms with E-state index in [-0.39, 0.29) is 17.6 Å². The Balaban J connectivity index is 1.63. The van der Waals surface area contributed by atoms with Crippen molar-refractivity contribution < 1.29 is 14.3 Å². The zero-order valence-electron chi connectivity index (χ0n) is 17.4. The van der Waals surface area contributed by atoms with Crippen LogP contribution in [0, 0.1) is 6.92 Å². The second kappa shape index (κ2) is 7.46. The molecule has 1 fully saturated rings. The molecule has 0 aromatic heterocycles. The van der Waals surface area contributed by atoms with Crippen LogP contribution in [0.25, 0.3) is 0 Å². The van der Waals surface area contributed by atoms with Gasteiger partial charge < -0.3 is 9.64 Å². The van der Waals surface area contributed by atoms with Gasteiger partial charge in [0, 0.05) is 17.3 Å². The van der Waals surface area contributed by atoms with Crippen LogP contribution in [0.2, 0.25) is 0 Å². The number of anilines is 2. The Kier molecular flexibility index (Phi) is 4.74. The molecular formula is C25H22N2O3S. The van der Waals surface area contributed by atoms with Crippen molar-refractivity contribution in [2.45, 2.75) is 18.3 Å². The summed E-state index contributed by atoms with van der Waals surface area (Å²) in [6.07, 6.45) is 0. The lowest BCUT2D eigenvalue weighted by atomic mass is 10.0. The van der Waals surface area contributed by atoms with Gasteiger partial charge in [-0.3, -0.25) is 14.5 Å². The van der Waals surface area contributed by atoms with E-state index in [9.17, 15) is 9.59 Å². The Hall–Kier alpha value is -3.25. The zero-order chi connectivity index (χ0) is 21.6. The largest absolute Gasteiger partial charge is 0.497 e. The number of nitrogens with zero attached hydrogens (tertiary/aromatic N) is 2. The highest BCUT2D eigenvalue weighted by Gasteiger charge is 2.60. The van der Waals surface area contributed by atoms with Crippen molar-refractivity contribution in [3.8, 4) is 5.75 Å². The number of hydrogen-bond acceptors (Lipinski definition) is 4. The van der Waals surface area contributed by atoms with Gasteiger partial charge in [-0.05, 0) is 30.7 Å². The third-order valence-corrected chi connectivity index (χ3v) is 7.22. The molecule has 1 spiro atoms. The number of aryl methyl sites for hydroxylation is 1. The van der Waals surface area contributed by atoms with Crippen LogP contribution in [-0.4, -0.2) is 24.7 Å². The molecule has 0 N–H and O–H groups in total. The fourth-order valence-corrected chi connectivity index (χ4v) is 5.70. The van der Waals surface area contributed by atoms with Gasteiger partial charge in [-0.2, -0.15) is 0 Å². The van der Waals surface area contributed by atoms with Crippen LogP contribution in [0.3, 0.4) is 0 Å². The number of rotatable bonds is 4. The Labute approximate surface area is 185 Å². The van der Waals surface area contributed by atoms with Gasteiger partial charge in [0.1, 0.15) is 5.75 Å². The van der Waals surface area contributed by atoms with E-state index in [4.69, 9.17) is 4.74 Å². The molecule has 2 aliphatic rings. The normalized spacial score (nSPS) is 19.9. The Morgan fingerprint density at radius 2 is 1.77 bits per heavy atom. The summed E-state index contributed by atoms with van der Waals surface area (Å²) in [7, 11) is 1.59. The Bertz CT molecular complexity index is 1180. The first-order chi connectivity index (χ1) is 15.0. The van der Waals surface area contributed by atoms with Gasteiger partial charge in [0.2, 0.25) is 10.8 Å². The molecule has 6 heteroatoms. The molecule has 2 amide bonds. The molecule has 156 valence electrons. The van der Waals surface area contributed by atoms with Crippen molar-refractivity contribution in [3.05, 3.63) is 89.5 Å². The first-order valence-electron chi connectivity index (χ1n) is 10.1. The quantitative estimate of drug-likeness (QED) is 0.612. The van der Waals surface area contributed by atoms with Crippen molar-refractivity contribution in [1.82, 2.24) is 0 Å². The standard InChI is InChI=1S/C25H22N2O3S/c1-17-10-12-18(13-11-17)15-26-22-9-4-3-8-21(22)25(24(26)29)27(23(28)16-31-25)19-6-5-7-20(14-19)30-2/h3-14H,15-16H2,1-2H3/t25-/m0/s1. The maximum absolute atomic E-state index is 14.0. The lowest BCUT2D eigenvalue weighted by Gasteiger charge is -2.33.